The molecular formula is C16H20N2O6. The van der Waals surface area contributed by atoms with Crippen LogP contribution >= 0.6 is 0 Å². The molecule has 0 saturated carbocycles. The summed E-state index contributed by atoms with van der Waals surface area (Å²) in [5.74, 6) is -1.31. The van der Waals surface area contributed by atoms with Gasteiger partial charge in [-0.25, -0.2) is 9.59 Å². The second kappa shape index (κ2) is 9.98. The van der Waals surface area contributed by atoms with Crippen molar-refractivity contribution in [1.29, 1.82) is 0 Å². The van der Waals surface area contributed by atoms with Gasteiger partial charge in [0, 0.05) is 6.04 Å². The van der Waals surface area contributed by atoms with Crippen LogP contribution in [0.5, 0.6) is 5.75 Å². The topological polar surface area (TPSA) is 111 Å². The second-order valence-electron chi connectivity index (χ2n) is 4.94. The maximum absolute atomic E-state index is 11.5. The Morgan fingerprint density at radius 1 is 1.21 bits per heavy atom. The number of imide groups is 1. The number of urea groups is 1. The van der Waals surface area contributed by atoms with E-state index in [2.05, 4.69) is 10.1 Å². The summed E-state index contributed by atoms with van der Waals surface area (Å²) in [7, 11) is 0. The lowest BCUT2D eigenvalue weighted by Crippen LogP contribution is -2.44. The highest BCUT2D eigenvalue weighted by atomic mass is 16.6. The highest BCUT2D eigenvalue weighted by Crippen LogP contribution is 2.15. The molecule has 0 spiro atoms. The Hall–Kier alpha value is -2.90. The van der Waals surface area contributed by atoms with Gasteiger partial charge in [0.1, 0.15) is 5.75 Å². The first kappa shape index (κ1) is 19.1. The van der Waals surface area contributed by atoms with Gasteiger partial charge in [0.05, 0.1) is 5.56 Å². The number of esters is 1. The molecule has 2 N–H and O–H groups in total. The van der Waals surface area contributed by atoms with Crippen LogP contribution in [0.3, 0.4) is 0 Å². The third-order valence-corrected chi connectivity index (χ3v) is 3.00. The van der Waals surface area contributed by atoms with Crippen molar-refractivity contribution < 1.29 is 28.7 Å². The summed E-state index contributed by atoms with van der Waals surface area (Å²) in [4.78, 5) is 45.2. The Bertz CT molecular complexity index is 602. The van der Waals surface area contributed by atoms with E-state index in [0.29, 0.717) is 11.8 Å². The summed E-state index contributed by atoms with van der Waals surface area (Å²) < 4.78 is 9.84. The Labute approximate surface area is 139 Å². The van der Waals surface area contributed by atoms with E-state index in [9.17, 15) is 19.2 Å². The minimum absolute atomic E-state index is 0.0772. The Morgan fingerprint density at radius 3 is 2.58 bits per heavy atom. The van der Waals surface area contributed by atoms with Crippen molar-refractivity contribution in [2.24, 2.45) is 0 Å². The molecule has 0 fully saturated rings. The van der Waals surface area contributed by atoms with Crippen LogP contribution in [0.15, 0.2) is 24.3 Å². The number of para-hydroxylation sites is 1. The number of nitrogens with one attached hydrogen (secondary N) is 2. The van der Waals surface area contributed by atoms with Crippen molar-refractivity contribution in [3.8, 4) is 5.75 Å². The second-order valence-corrected chi connectivity index (χ2v) is 4.94. The maximum Gasteiger partial charge on any atom is 0.344 e. The van der Waals surface area contributed by atoms with Crippen molar-refractivity contribution in [2.45, 2.75) is 26.3 Å². The number of hydrogen-bond acceptors (Lipinski definition) is 6. The van der Waals surface area contributed by atoms with Gasteiger partial charge in [-0.2, -0.15) is 0 Å². The predicted octanol–water partition coefficient (Wildman–Crippen LogP) is 1.05. The van der Waals surface area contributed by atoms with Gasteiger partial charge in [-0.15, -0.1) is 0 Å². The molecule has 0 saturated heterocycles. The number of aldehydes is 1. The van der Waals surface area contributed by atoms with Gasteiger partial charge in [-0.3, -0.25) is 14.9 Å². The van der Waals surface area contributed by atoms with Crippen LogP contribution in [0.2, 0.25) is 0 Å². The fourth-order valence-electron chi connectivity index (χ4n) is 1.56. The lowest BCUT2D eigenvalue weighted by molar-refractivity contribution is -0.150. The van der Waals surface area contributed by atoms with E-state index < -0.39 is 31.1 Å². The molecule has 130 valence electrons. The summed E-state index contributed by atoms with van der Waals surface area (Å²) in [6.45, 7) is 2.61. The number of benzene rings is 1. The molecule has 1 aromatic carbocycles. The van der Waals surface area contributed by atoms with Gasteiger partial charge in [-0.05, 0) is 25.5 Å². The SMILES string of the molecule is CC[C@@H](C)NC(=O)NC(=O)COC(=O)COc1ccccc1C=O. The number of hydrogen-bond donors (Lipinski definition) is 2. The molecule has 8 nitrogen and oxygen atoms in total. The molecule has 0 bridgehead atoms. The molecule has 0 aromatic heterocycles. The van der Waals surface area contributed by atoms with E-state index in [-0.39, 0.29) is 11.8 Å². The molecular weight excluding hydrogens is 316 g/mol. The number of amides is 3. The van der Waals surface area contributed by atoms with Crippen molar-refractivity contribution >= 4 is 24.2 Å². The fraction of sp³-hybridized carbons (Fsp3) is 0.375. The monoisotopic (exact) mass is 336 g/mol. The Morgan fingerprint density at radius 2 is 1.92 bits per heavy atom. The van der Waals surface area contributed by atoms with Crippen LogP contribution in [0.4, 0.5) is 4.79 Å². The molecule has 0 radical (unpaired) electrons. The van der Waals surface area contributed by atoms with Crippen LogP contribution < -0.4 is 15.4 Å². The number of carbonyl (C=O) groups is 4. The molecule has 3 amide bonds. The summed E-state index contributed by atoms with van der Waals surface area (Å²) in [6, 6.07) is 5.65. The van der Waals surface area contributed by atoms with Crippen LogP contribution in [-0.4, -0.2) is 43.4 Å². The average molecular weight is 336 g/mol. The largest absolute Gasteiger partial charge is 0.481 e. The zero-order valence-corrected chi connectivity index (χ0v) is 13.5. The van der Waals surface area contributed by atoms with E-state index in [1.807, 2.05) is 12.2 Å². The molecule has 0 aliphatic rings. The fourth-order valence-corrected chi connectivity index (χ4v) is 1.56. The maximum atomic E-state index is 11.5. The first-order valence-electron chi connectivity index (χ1n) is 7.39. The van der Waals surface area contributed by atoms with E-state index in [0.717, 1.165) is 6.42 Å². The molecule has 0 unspecified atom stereocenters. The number of ether oxygens (including phenoxy) is 2. The van der Waals surface area contributed by atoms with Crippen molar-refractivity contribution in [3.63, 3.8) is 0 Å². The molecule has 1 aromatic rings. The lowest BCUT2D eigenvalue weighted by atomic mass is 10.2. The Kier molecular flexibility index (Phi) is 7.97. The summed E-state index contributed by atoms with van der Waals surface area (Å²) in [5, 5.41) is 4.58. The van der Waals surface area contributed by atoms with Crippen molar-refractivity contribution in [3.05, 3.63) is 29.8 Å². The summed E-state index contributed by atoms with van der Waals surface area (Å²) >= 11 is 0. The van der Waals surface area contributed by atoms with Crippen LogP contribution in [0, 0.1) is 0 Å². The highest BCUT2D eigenvalue weighted by Gasteiger charge is 2.13. The van der Waals surface area contributed by atoms with Gasteiger partial charge < -0.3 is 14.8 Å². The summed E-state index contributed by atoms with van der Waals surface area (Å²) in [5.41, 5.74) is 0.296. The number of carbonyl (C=O) groups excluding carboxylic acids is 4. The van der Waals surface area contributed by atoms with Crippen LogP contribution in [0.25, 0.3) is 0 Å². The minimum Gasteiger partial charge on any atom is -0.481 e. The van der Waals surface area contributed by atoms with Crippen molar-refractivity contribution in [2.75, 3.05) is 13.2 Å². The Balaban J connectivity index is 2.32. The molecule has 1 atom stereocenters. The molecule has 0 aliphatic carbocycles. The van der Waals surface area contributed by atoms with Gasteiger partial charge in [0.25, 0.3) is 5.91 Å². The van der Waals surface area contributed by atoms with Gasteiger partial charge >= 0.3 is 12.0 Å². The zero-order chi connectivity index (χ0) is 17.9. The lowest BCUT2D eigenvalue weighted by Gasteiger charge is -2.12. The smallest absolute Gasteiger partial charge is 0.344 e. The molecule has 24 heavy (non-hydrogen) atoms. The summed E-state index contributed by atoms with van der Waals surface area (Å²) in [6.07, 6.45) is 1.32. The van der Waals surface area contributed by atoms with E-state index in [1.165, 1.54) is 12.1 Å². The van der Waals surface area contributed by atoms with Gasteiger partial charge in [-0.1, -0.05) is 19.1 Å². The first-order chi connectivity index (χ1) is 11.5. The van der Waals surface area contributed by atoms with Crippen LogP contribution in [0.1, 0.15) is 30.6 Å². The quantitative estimate of drug-likeness (QED) is 0.542. The minimum atomic E-state index is -0.798. The molecule has 8 heteroatoms. The normalized spacial score (nSPS) is 11.1. The molecule has 1 rings (SSSR count). The first-order valence-corrected chi connectivity index (χ1v) is 7.39. The highest BCUT2D eigenvalue weighted by molar-refractivity contribution is 5.95. The molecule has 0 aliphatic heterocycles. The van der Waals surface area contributed by atoms with Gasteiger partial charge in [0.2, 0.25) is 0 Å². The van der Waals surface area contributed by atoms with E-state index >= 15 is 0 Å². The standard InChI is InChI=1S/C16H20N2O6/c1-3-11(2)17-16(22)18-14(20)9-24-15(21)10-23-13-7-5-4-6-12(13)8-19/h4-8,11H,3,9-10H2,1-2H3,(H2,17,18,20,22)/t11-/m1/s1. The average Bonchev–Trinajstić information content (AvgIpc) is 2.57. The third kappa shape index (κ3) is 6.91. The van der Waals surface area contributed by atoms with Gasteiger partial charge in [0.15, 0.2) is 19.5 Å². The van der Waals surface area contributed by atoms with E-state index in [4.69, 9.17) is 4.74 Å². The van der Waals surface area contributed by atoms with E-state index in [1.54, 1.807) is 19.1 Å². The predicted molar refractivity (Wildman–Crippen MR) is 84.7 cm³/mol. The molecule has 0 heterocycles. The third-order valence-electron chi connectivity index (χ3n) is 3.00. The van der Waals surface area contributed by atoms with Crippen LogP contribution in [-0.2, 0) is 14.3 Å². The zero-order valence-electron chi connectivity index (χ0n) is 13.5. The van der Waals surface area contributed by atoms with Crippen molar-refractivity contribution in [1.82, 2.24) is 10.6 Å². The number of rotatable bonds is 8.